The Hall–Kier alpha value is -2.39. The summed E-state index contributed by atoms with van der Waals surface area (Å²) in [6.07, 6.45) is -2.62. The summed E-state index contributed by atoms with van der Waals surface area (Å²) in [6, 6.07) is 0.432. The van der Waals surface area contributed by atoms with Crippen LogP contribution < -0.4 is 10.6 Å². The summed E-state index contributed by atoms with van der Waals surface area (Å²) in [5, 5.41) is 9.97. The molecule has 2 aromatic heterocycles. The highest BCUT2D eigenvalue weighted by atomic mass is 19.4. The van der Waals surface area contributed by atoms with Crippen LogP contribution in [0.15, 0.2) is 12.4 Å². The summed E-state index contributed by atoms with van der Waals surface area (Å²) in [5.74, 6) is -0.0516. The third-order valence-electron chi connectivity index (χ3n) is 4.21. The number of halogens is 3. The van der Waals surface area contributed by atoms with Crippen molar-refractivity contribution in [3.05, 3.63) is 18.1 Å². The van der Waals surface area contributed by atoms with Gasteiger partial charge in [-0.3, -0.25) is 4.79 Å². The smallest absolute Gasteiger partial charge is 0.365 e. The lowest BCUT2D eigenvalue weighted by Gasteiger charge is -2.41. The lowest BCUT2D eigenvalue weighted by molar-refractivity contribution is -0.141. The van der Waals surface area contributed by atoms with Crippen molar-refractivity contribution in [2.45, 2.75) is 51.9 Å². The second kappa shape index (κ2) is 5.85. The zero-order valence-corrected chi connectivity index (χ0v) is 14.1. The summed E-state index contributed by atoms with van der Waals surface area (Å²) >= 11 is 0. The lowest BCUT2D eigenvalue weighted by atomic mass is 9.79. The van der Waals surface area contributed by atoms with Crippen LogP contribution >= 0.6 is 0 Å². The molecule has 0 radical (unpaired) electrons. The van der Waals surface area contributed by atoms with Gasteiger partial charge in [-0.05, 0) is 11.8 Å². The highest BCUT2D eigenvalue weighted by molar-refractivity contribution is 5.77. The zero-order valence-electron chi connectivity index (χ0n) is 14.1. The normalized spacial score (nSPS) is 22.1. The molecule has 3 heterocycles. The molecule has 2 aromatic rings. The zero-order chi connectivity index (χ0) is 18.4. The predicted octanol–water partition coefficient (Wildman–Crippen LogP) is 2.25. The van der Waals surface area contributed by atoms with Crippen molar-refractivity contribution < 1.29 is 18.0 Å². The second-order valence-electron chi connectivity index (χ2n) is 7.20. The summed E-state index contributed by atoms with van der Waals surface area (Å²) in [6.45, 7) is 5.91. The van der Waals surface area contributed by atoms with E-state index in [4.69, 9.17) is 0 Å². The standard InChI is InChI=1S/C15H19F3N6O/c1-14(2,3)12-8(4-5-11(25)23-12)21-10-6-9(15(16,17)18)22-13-19-7-20-24(10)13/h6-8,12,21H,4-5H2,1-3H3,(H,23,25)/t8-,12-/m1/s1. The van der Waals surface area contributed by atoms with Crippen molar-refractivity contribution in [1.29, 1.82) is 0 Å². The fourth-order valence-electron chi connectivity index (χ4n) is 3.03. The summed E-state index contributed by atoms with van der Waals surface area (Å²) in [7, 11) is 0. The molecule has 0 spiro atoms. The van der Waals surface area contributed by atoms with E-state index in [1.54, 1.807) is 0 Å². The van der Waals surface area contributed by atoms with Crippen LogP contribution in [0.1, 0.15) is 39.3 Å². The molecule has 2 N–H and O–H groups in total. The third-order valence-corrected chi connectivity index (χ3v) is 4.21. The van der Waals surface area contributed by atoms with Gasteiger partial charge in [0.2, 0.25) is 5.91 Å². The lowest BCUT2D eigenvalue weighted by Crippen LogP contribution is -2.57. The minimum Gasteiger partial charge on any atom is -0.365 e. The molecule has 1 saturated heterocycles. The van der Waals surface area contributed by atoms with Gasteiger partial charge in [0.05, 0.1) is 6.04 Å². The van der Waals surface area contributed by atoms with Crippen LogP contribution in [0.3, 0.4) is 0 Å². The molecule has 10 heteroatoms. The largest absolute Gasteiger partial charge is 0.433 e. The van der Waals surface area contributed by atoms with Gasteiger partial charge in [0.15, 0.2) is 5.69 Å². The van der Waals surface area contributed by atoms with Crippen LogP contribution in [-0.2, 0) is 11.0 Å². The van der Waals surface area contributed by atoms with Crippen LogP contribution in [-0.4, -0.2) is 37.6 Å². The van der Waals surface area contributed by atoms with Gasteiger partial charge < -0.3 is 10.6 Å². The second-order valence-corrected chi connectivity index (χ2v) is 7.20. The Bertz CT molecular complexity index is 795. The van der Waals surface area contributed by atoms with Crippen LogP contribution in [0.5, 0.6) is 0 Å². The number of hydrogen-bond donors (Lipinski definition) is 2. The number of nitrogens with one attached hydrogen (secondary N) is 2. The SMILES string of the molecule is CC(C)(C)[C@@H]1NC(=O)CC[C@H]1Nc1cc(C(F)(F)F)nc2ncnn12. The monoisotopic (exact) mass is 356 g/mol. The van der Waals surface area contributed by atoms with Gasteiger partial charge in [0.1, 0.15) is 12.1 Å². The average Bonchev–Trinajstić information content (AvgIpc) is 2.95. The molecule has 0 bridgehead atoms. The number of amides is 1. The first-order valence-corrected chi connectivity index (χ1v) is 7.89. The highest BCUT2D eigenvalue weighted by Crippen LogP contribution is 2.32. The molecule has 0 aromatic carbocycles. The topological polar surface area (TPSA) is 84.2 Å². The van der Waals surface area contributed by atoms with Crippen molar-refractivity contribution >= 4 is 17.5 Å². The van der Waals surface area contributed by atoms with Gasteiger partial charge in [0, 0.05) is 18.5 Å². The van der Waals surface area contributed by atoms with Crippen molar-refractivity contribution in [2.75, 3.05) is 5.32 Å². The van der Waals surface area contributed by atoms with E-state index in [-0.39, 0.29) is 35.0 Å². The Balaban J connectivity index is 1.98. The first kappa shape index (κ1) is 17.4. The minimum atomic E-state index is -4.59. The molecule has 0 saturated carbocycles. The molecule has 1 fully saturated rings. The molecule has 25 heavy (non-hydrogen) atoms. The van der Waals surface area contributed by atoms with E-state index in [1.807, 2.05) is 20.8 Å². The first-order chi connectivity index (χ1) is 11.6. The quantitative estimate of drug-likeness (QED) is 0.862. The molecule has 136 valence electrons. The van der Waals surface area contributed by atoms with E-state index in [9.17, 15) is 18.0 Å². The van der Waals surface area contributed by atoms with Gasteiger partial charge in [-0.2, -0.15) is 27.8 Å². The molecule has 0 unspecified atom stereocenters. The number of piperidine rings is 1. The number of nitrogens with zero attached hydrogens (tertiary/aromatic N) is 4. The third kappa shape index (κ3) is 3.52. The number of rotatable bonds is 2. The van der Waals surface area contributed by atoms with Crippen molar-refractivity contribution in [3.8, 4) is 0 Å². The molecular weight excluding hydrogens is 337 g/mol. The van der Waals surface area contributed by atoms with Gasteiger partial charge in [0.25, 0.3) is 5.78 Å². The number of fused-ring (bicyclic) bond motifs is 1. The van der Waals surface area contributed by atoms with Crippen LogP contribution in [0, 0.1) is 5.41 Å². The molecule has 1 aliphatic heterocycles. The van der Waals surface area contributed by atoms with E-state index >= 15 is 0 Å². The van der Waals surface area contributed by atoms with E-state index in [0.717, 1.165) is 12.4 Å². The Morgan fingerprint density at radius 3 is 2.68 bits per heavy atom. The molecule has 1 amide bonds. The molecule has 0 aliphatic carbocycles. The number of alkyl halides is 3. The molecule has 2 atom stereocenters. The van der Waals surface area contributed by atoms with E-state index in [1.165, 1.54) is 4.52 Å². The van der Waals surface area contributed by atoms with Crippen LogP contribution in [0.4, 0.5) is 19.0 Å². The maximum absolute atomic E-state index is 13.1. The number of anilines is 1. The Morgan fingerprint density at radius 1 is 1.32 bits per heavy atom. The number of carbonyl (C=O) groups excluding carboxylic acids is 1. The summed E-state index contributed by atoms with van der Waals surface area (Å²) in [4.78, 5) is 19.0. The Labute approximate surface area is 142 Å². The van der Waals surface area contributed by atoms with Crippen molar-refractivity contribution in [3.63, 3.8) is 0 Å². The Kier molecular flexibility index (Phi) is 4.08. The fraction of sp³-hybridized carbons (Fsp3) is 0.600. The van der Waals surface area contributed by atoms with Gasteiger partial charge in [-0.25, -0.2) is 4.98 Å². The van der Waals surface area contributed by atoms with Gasteiger partial charge >= 0.3 is 6.18 Å². The molecule has 7 nitrogen and oxygen atoms in total. The highest BCUT2D eigenvalue weighted by Gasteiger charge is 2.38. The van der Waals surface area contributed by atoms with Crippen LogP contribution in [0.25, 0.3) is 5.78 Å². The summed E-state index contributed by atoms with van der Waals surface area (Å²) in [5.41, 5.74) is -1.31. The van der Waals surface area contributed by atoms with Crippen LogP contribution in [0.2, 0.25) is 0 Å². The summed E-state index contributed by atoms with van der Waals surface area (Å²) < 4.78 is 40.5. The Morgan fingerprint density at radius 2 is 2.04 bits per heavy atom. The number of aromatic nitrogens is 4. The number of hydrogen-bond acceptors (Lipinski definition) is 5. The first-order valence-electron chi connectivity index (χ1n) is 7.89. The number of carbonyl (C=O) groups is 1. The van der Waals surface area contributed by atoms with Gasteiger partial charge in [-0.1, -0.05) is 20.8 Å². The minimum absolute atomic E-state index is 0.0606. The molecular formula is C15H19F3N6O. The molecule has 1 aliphatic rings. The van der Waals surface area contributed by atoms with E-state index in [2.05, 4.69) is 25.7 Å². The maximum atomic E-state index is 13.1. The van der Waals surface area contributed by atoms with Gasteiger partial charge in [-0.15, -0.1) is 0 Å². The van der Waals surface area contributed by atoms with E-state index < -0.39 is 11.9 Å². The average molecular weight is 356 g/mol. The molecule has 3 rings (SSSR count). The van der Waals surface area contributed by atoms with Crippen molar-refractivity contribution in [2.24, 2.45) is 5.41 Å². The van der Waals surface area contributed by atoms with Crippen molar-refractivity contribution in [1.82, 2.24) is 24.9 Å². The van der Waals surface area contributed by atoms with E-state index in [0.29, 0.717) is 12.8 Å². The fourth-order valence-corrected chi connectivity index (χ4v) is 3.03. The predicted molar refractivity (Wildman–Crippen MR) is 83.8 cm³/mol. The maximum Gasteiger partial charge on any atom is 0.433 e.